The van der Waals surface area contributed by atoms with Gasteiger partial charge in [0.1, 0.15) is 13.2 Å². The maximum atomic E-state index is 11.4. The molecule has 0 aliphatic carbocycles. The second kappa shape index (κ2) is 55.8. The smallest absolute Gasteiger partial charge is 0.335 e. The topological polar surface area (TPSA) is 303 Å². The SMILES string of the molecule is C=C(C)C(=O)OC1(C)COCCCO1.C=C(C)C(=O)OC1(C)COCCCS1.C=C(C)C(=O)OC1(C)CSCCCCO1.C=C(C)C(=O)OC1(C)CSCCCO1.C=CC(=O)OC1(C)COCCCO1.C=CC(=O)OC1(C)COCCCS1.C=CC(=O)OC1(C)CSCCCCO1.C=CC(=O)OC1(C)CSCCCO1. The zero-order chi connectivity index (χ0) is 82.8. The van der Waals surface area contributed by atoms with Gasteiger partial charge in [-0.05, 0) is 140 Å². The molecule has 0 bridgehead atoms. The lowest BCUT2D eigenvalue weighted by Crippen LogP contribution is -2.39. The lowest BCUT2D eigenvalue weighted by Gasteiger charge is -2.30. The molecule has 8 unspecified atom stereocenters. The van der Waals surface area contributed by atoms with Gasteiger partial charge in [0.05, 0.1) is 75.9 Å². The summed E-state index contributed by atoms with van der Waals surface area (Å²) in [5.41, 5.74) is 1.60. The average molecular weight is 1670 g/mol. The van der Waals surface area contributed by atoms with Gasteiger partial charge in [-0.15, -0.1) is 23.5 Å². The normalized spacial score (nSPS) is 28.3. The summed E-state index contributed by atoms with van der Waals surface area (Å²) >= 11 is 10.2. The van der Waals surface area contributed by atoms with Gasteiger partial charge in [-0.1, -0.05) is 52.6 Å². The fraction of sp³-hybridized carbons (Fsp3) is 0.692. The van der Waals surface area contributed by atoms with Crippen molar-refractivity contribution < 1.29 is 124 Å². The Kier molecular flexibility index (Phi) is 52.5. The summed E-state index contributed by atoms with van der Waals surface area (Å²) in [6.07, 6.45) is 14.6. The van der Waals surface area contributed by atoms with E-state index >= 15 is 0 Å². The van der Waals surface area contributed by atoms with Crippen molar-refractivity contribution in [1.82, 2.24) is 0 Å². The lowest BCUT2D eigenvalue weighted by molar-refractivity contribution is -0.229. The Hall–Kier alpha value is -4.62. The molecule has 110 heavy (non-hydrogen) atoms. The van der Waals surface area contributed by atoms with Crippen molar-refractivity contribution in [3.63, 3.8) is 0 Å². The van der Waals surface area contributed by atoms with Gasteiger partial charge in [-0.3, -0.25) is 0 Å². The summed E-state index contributed by atoms with van der Waals surface area (Å²) in [7, 11) is 0. The number of ether oxygens (including phenoxy) is 18. The molecule has 0 aromatic heterocycles. The zero-order valence-corrected chi connectivity index (χ0v) is 72.0. The number of hydrogen-bond acceptors (Lipinski definition) is 32. The first-order valence-corrected chi connectivity index (χ1v) is 43.1. The summed E-state index contributed by atoms with van der Waals surface area (Å²) in [6.45, 7) is 56.3. The molecule has 8 aliphatic heterocycles. The molecule has 0 saturated carbocycles. The standard InChI is InChI=1S/C11H18O3S.C10H16O4.3C10H16O3S.C9H14O4.2C9H14O3S/c1-9(2)10(12)14-11(3)8-15-7-5-4-6-13-11;1-8(2)9(11)14-10(3)7-12-5-4-6-13-10;1-8(2)9(11)13-10(3)7-14-6-4-5-12-10;1-8(2)9(11)13-10(3)7-12-5-4-6-14-10;1-3-9(11)13-10(2)8-14-7-5-4-6-12-10;1-3-8(10)13-9(2)7-11-5-4-6-12-9;1-3-8(10)12-9(2)7-13-6-4-5-11-9;1-3-8(10)12-9(2)7-11-5-4-6-13-9/h1,4-8H2,2-3H3;3*1,4-7H2,2-3H3;3H,1,4-8H2,2H3;3*3H,1,4-7H2,2H3. The highest BCUT2D eigenvalue weighted by molar-refractivity contribution is 8.01. The number of esters is 8. The van der Waals surface area contributed by atoms with Crippen molar-refractivity contribution in [2.24, 2.45) is 0 Å². The van der Waals surface area contributed by atoms with E-state index in [0.717, 1.165) is 130 Å². The highest BCUT2D eigenvalue weighted by Gasteiger charge is 2.38. The molecule has 628 valence electrons. The van der Waals surface area contributed by atoms with E-state index in [1.54, 1.807) is 133 Å². The zero-order valence-electron chi connectivity index (χ0n) is 67.1. The van der Waals surface area contributed by atoms with Gasteiger partial charge in [0.2, 0.25) is 34.7 Å². The Morgan fingerprint density at radius 3 is 0.864 bits per heavy atom. The van der Waals surface area contributed by atoms with Crippen molar-refractivity contribution in [2.45, 2.75) is 192 Å². The van der Waals surface area contributed by atoms with Crippen LogP contribution < -0.4 is 0 Å². The number of carbonyl (C=O) groups excluding carboxylic acids is 8. The number of rotatable bonds is 16. The average Bonchev–Trinajstić information content (AvgIpc) is 2.12. The fourth-order valence-corrected chi connectivity index (χ4v) is 15.0. The largest absolute Gasteiger partial charge is 0.443 e. The first-order valence-electron chi connectivity index (χ1n) is 36.5. The molecule has 0 aromatic carbocycles. The molecule has 0 aromatic rings. The van der Waals surface area contributed by atoms with Crippen LogP contribution in [0.1, 0.15) is 147 Å². The van der Waals surface area contributed by atoms with Gasteiger partial charge >= 0.3 is 47.8 Å². The molecule has 0 spiro atoms. The summed E-state index contributed by atoms with van der Waals surface area (Å²) in [5.74, 6) is 0.660. The summed E-state index contributed by atoms with van der Waals surface area (Å²) in [4.78, 5) is 88.2. The second-order valence-corrected chi connectivity index (χ2v) is 34.5. The minimum atomic E-state index is -0.966. The van der Waals surface area contributed by atoms with Crippen molar-refractivity contribution >= 4 is 118 Å². The van der Waals surface area contributed by atoms with Crippen molar-refractivity contribution in [3.05, 3.63) is 99.2 Å². The third kappa shape index (κ3) is 48.6. The molecule has 0 radical (unpaired) electrons. The molecule has 0 amide bonds. The van der Waals surface area contributed by atoms with E-state index in [2.05, 4.69) is 52.6 Å². The third-order valence-electron chi connectivity index (χ3n) is 14.7. The van der Waals surface area contributed by atoms with Crippen LogP contribution in [0.2, 0.25) is 0 Å². The number of hydrogen-bond donors (Lipinski definition) is 0. The Morgan fingerprint density at radius 1 is 0.282 bits per heavy atom. The van der Waals surface area contributed by atoms with Crippen molar-refractivity contribution in [2.75, 3.05) is 150 Å². The van der Waals surface area contributed by atoms with Crippen LogP contribution in [0.4, 0.5) is 0 Å². The van der Waals surface area contributed by atoms with E-state index in [0.29, 0.717) is 111 Å². The fourth-order valence-electron chi connectivity index (χ4n) is 8.90. The van der Waals surface area contributed by atoms with Crippen LogP contribution in [0.15, 0.2) is 99.2 Å². The van der Waals surface area contributed by atoms with E-state index in [4.69, 9.17) is 85.3 Å². The van der Waals surface area contributed by atoms with Gasteiger partial charge < -0.3 is 85.3 Å². The molecular formula is C78H124O26S6. The quantitative estimate of drug-likeness (QED) is 0.0787. The highest BCUT2D eigenvalue weighted by atomic mass is 32.2. The second-order valence-electron chi connectivity index (χ2n) is 27.0. The van der Waals surface area contributed by atoms with Crippen LogP contribution in [0.5, 0.6) is 0 Å². The van der Waals surface area contributed by atoms with Crippen LogP contribution in [-0.4, -0.2) is 242 Å². The van der Waals surface area contributed by atoms with E-state index < -0.39 is 68.5 Å². The summed E-state index contributed by atoms with van der Waals surface area (Å²) in [5, 5.41) is 0. The molecule has 8 heterocycles. The van der Waals surface area contributed by atoms with Crippen LogP contribution in [0, 0.1) is 0 Å². The van der Waals surface area contributed by atoms with Crippen LogP contribution in [-0.2, 0) is 124 Å². The summed E-state index contributed by atoms with van der Waals surface area (Å²) < 4.78 is 95.4. The molecule has 8 rings (SSSR count). The van der Waals surface area contributed by atoms with Crippen LogP contribution in [0.25, 0.3) is 0 Å². The highest BCUT2D eigenvalue weighted by Crippen LogP contribution is 2.33. The molecule has 8 aliphatic rings. The predicted octanol–water partition coefficient (Wildman–Crippen LogP) is 13.6. The number of carbonyl (C=O) groups is 8. The Morgan fingerprint density at radius 2 is 0.518 bits per heavy atom. The van der Waals surface area contributed by atoms with Gasteiger partial charge in [-0.25, -0.2) is 38.4 Å². The first kappa shape index (κ1) is 103. The molecule has 32 heteroatoms. The van der Waals surface area contributed by atoms with Crippen LogP contribution >= 0.6 is 70.6 Å². The maximum absolute atomic E-state index is 11.4. The molecule has 0 N–H and O–H groups in total. The minimum absolute atomic E-state index is 0.270. The van der Waals surface area contributed by atoms with Crippen molar-refractivity contribution in [1.29, 1.82) is 0 Å². The van der Waals surface area contributed by atoms with Gasteiger partial charge in [0.25, 0.3) is 0 Å². The van der Waals surface area contributed by atoms with Gasteiger partial charge in [0.15, 0.2) is 9.87 Å². The molecule has 8 fully saturated rings. The third-order valence-corrected chi connectivity index (χ3v) is 22.5. The van der Waals surface area contributed by atoms with E-state index in [1.165, 1.54) is 6.08 Å². The Bertz CT molecular complexity index is 2640. The van der Waals surface area contributed by atoms with Crippen LogP contribution in [0.3, 0.4) is 0 Å². The predicted molar refractivity (Wildman–Crippen MR) is 435 cm³/mol. The van der Waals surface area contributed by atoms with E-state index in [-0.39, 0.29) is 37.1 Å². The molecule has 8 saturated heterocycles. The van der Waals surface area contributed by atoms with E-state index in [1.807, 2.05) is 20.8 Å². The number of thioether (sulfide) groups is 6. The van der Waals surface area contributed by atoms with Crippen molar-refractivity contribution in [3.8, 4) is 0 Å². The molecule has 26 nitrogen and oxygen atoms in total. The summed E-state index contributed by atoms with van der Waals surface area (Å²) in [6, 6.07) is 0. The Balaban J connectivity index is 0.000000629. The maximum Gasteiger partial charge on any atom is 0.335 e. The lowest BCUT2D eigenvalue weighted by atomic mass is 10.3. The monoisotopic (exact) mass is 1670 g/mol. The van der Waals surface area contributed by atoms with Gasteiger partial charge in [0, 0.05) is 115 Å². The Labute approximate surface area is 678 Å². The minimum Gasteiger partial charge on any atom is -0.443 e. The molecular weight excluding hydrogens is 1550 g/mol. The molecule has 8 atom stereocenters. The van der Waals surface area contributed by atoms with Gasteiger partial charge in [-0.2, -0.15) is 47.0 Å². The van der Waals surface area contributed by atoms with E-state index in [9.17, 15) is 38.4 Å². The first-order chi connectivity index (χ1) is 51.8.